The summed E-state index contributed by atoms with van der Waals surface area (Å²) in [5, 5.41) is 11.9. The van der Waals surface area contributed by atoms with Crippen molar-refractivity contribution in [2.45, 2.75) is 31.7 Å². The third-order valence-electron chi connectivity index (χ3n) is 7.62. The minimum atomic E-state index is -1.00. The highest BCUT2D eigenvalue weighted by molar-refractivity contribution is 7.99. The van der Waals surface area contributed by atoms with Crippen molar-refractivity contribution in [2.24, 2.45) is 11.3 Å². The summed E-state index contributed by atoms with van der Waals surface area (Å²) in [6.07, 6.45) is -0.869. The standard InChI is InChI=1S/C27H30N2O5S/c1-27-15-29(12-17(27)14-35-16-27)25(32)23(10-11-24(30)31)28-26(33)34-13-22-20-8-4-2-6-18(20)19-7-3-5-9-21(19)22/h2-9,17,22-23H,10-16H2,1H3,(H,28,33)(H,30,31). The number of carboxylic acid groups (broad SMARTS) is 1. The topological polar surface area (TPSA) is 95.9 Å². The quantitative estimate of drug-likeness (QED) is 0.605. The maximum absolute atomic E-state index is 13.3. The van der Waals surface area contributed by atoms with Gasteiger partial charge in [0.25, 0.3) is 0 Å². The van der Waals surface area contributed by atoms with Gasteiger partial charge in [-0.05, 0) is 45.8 Å². The Labute approximate surface area is 209 Å². The van der Waals surface area contributed by atoms with Crippen molar-refractivity contribution in [1.82, 2.24) is 10.2 Å². The Morgan fingerprint density at radius 1 is 1.14 bits per heavy atom. The number of nitrogens with one attached hydrogen (secondary N) is 1. The molecule has 0 radical (unpaired) electrons. The summed E-state index contributed by atoms with van der Waals surface area (Å²) in [5.74, 6) is 1.17. The number of carboxylic acids is 1. The molecule has 0 spiro atoms. The number of thioether (sulfide) groups is 1. The zero-order valence-corrected chi connectivity index (χ0v) is 20.6. The summed E-state index contributed by atoms with van der Waals surface area (Å²) in [4.78, 5) is 39.1. The van der Waals surface area contributed by atoms with Crippen LogP contribution in [0.3, 0.4) is 0 Å². The molecule has 3 aliphatic rings. The maximum Gasteiger partial charge on any atom is 0.407 e. The van der Waals surface area contributed by atoms with Crippen LogP contribution >= 0.6 is 11.8 Å². The molecule has 2 fully saturated rings. The molecule has 2 N–H and O–H groups in total. The predicted octanol–water partition coefficient (Wildman–Crippen LogP) is 3.97. The van der Waals surface area contributed by atoms with E-state index in [4.69, 9.17) is 4.74 Å². The molecule has 8 heteroatoms. The van der Waals surface area contributed by atoms with Gasteiger partial charge in [0.05, 0.1) is 0 Å². The van der Waals surface area contributed by atoms with Gasteiger partial charge < -0.3 is 20.1 Å². The molecule has 2 aromatic rings. The van der Waals surface area contributed by atoms with Crippen LogP contribution in [0, 0.1) is 11.3 Å². The van der Waals surface area contributed by atoms with Crippen LogP contribution in [-0.4, -0.2) is 65.2 Å². The minimum Gasteiger partial charge on any atom is -0.481 e. The molecule has 2 aliphatic heterocycles. The van der Waals surface area contributed by atoms with E-state index in [0.29, 0.717) is 19.0 Å². The van der Waals surface area contributed by atoms with Gasteiger partial charge in [-0.2, -0.15) is 11.8 Å². The number of likely N-dealkylation sites (tertiary alicyclic amines) is 1. The lowest BCUT2D eigenvalue weighted by Crippen LogP contribution is -2.49. The van der Waals surface area contributed by atoms with Crippen molar-refractivity contribution in [3.05, 3.63) is 59.7 Å². The number of fused-ring (bicyclic) bond motifs is 4. The van der Waals surface area contributed by atoms with Gasteiger partial charge in [0, 0.05) is 31.2 Å². The Balaban J connectivity index is 1.25. The molecular formula is C27H30N2O5S. The fourth-order valence-electron chi connectivity index (χ4n) is 5.66. The molecule has 2 heterocycles. The lowest BCUT2D eigenvalue weighted by molar-refractivity contribution is -0.138. The first-order chi connectivity index (χ1) is 16.9. The van der Waals surface area contributed by atoms with E-state index >= 15 is 0 Å². The van der Waals surface area contributed by atoms with Crippen molar-refractivity contribution in [1.29, 1.82) is 0 Å². The highest BCUT2D eigenvalue weighted by atomic mass is 32.2. The number of amides is 2. The van der Waals surface area contributed by atoms with Gasteiger partial charge >= 0.3 is 12.1 Å². The Hall–Kier alpha value is -3.00. The number of carbonyl (C=O) groups is 3. The van der Waals surface area contributed by atoms with Gasteiger partial charge in [-0.25, -0.2) is 4.79 Å². The van der Waals surface area contributed by atoms with Crippen molar-refractivity contribution in [3.63, 3.8) is 0 Å². The molecule has 184 valence electrons. The highest BCUT2D eigenvalue weighted by Gasteiger charge is 2.48. The number of ether oxygens (including phenoxy) is 1. The molecule has 1 aliphatic carbocycles. The van der Waals surface area contributed by atoms with E-state index in [9.17, 15) is 19.5 Å². The Morgan fingerprint density at radius 2 is 1.80 bits per heavy atom. The summed E-state index contributed by atoms with van der Waals surface area (Å²) < 4.78 is 5.61. The molecule has 2 saturated heterocycles. The summed E-state index contributed by atoms with van der Waals surface area (Å²) in [6.45, 7) is 3.63. The van der Waals surface area contributed by atoms with E-state index in [1.807, 2.05) is 48.2 Å². The SMILES string of the molecule is CC12CSCC1CN(C(=O)C(CCC(=O)O)NC(=O)OCC1c3ccccc3-c3ccccc31)C2. The lowest BCUT2D eigenvalue weighted by Gasteiger charge is -2.26. The number of carbonyl (C=O) groups excluding carboxylic acids is 2. The number of hydrogen-bond donors (Lipinski definition) is 2. The molecule has 0 aromatic heterocycles. The fraction of sp³-hybridized carbons (Fsp3) is 0.444. The monoisotopic (exact) mass is 494 g/mol. The second-order valence-corrected chi connectivity index (χ2v) is 11.1. The predicted molar refractivity (Wildman–Crippen MR) is 134 cm³/mol. The van der Waals surface area contributed by atoms with E-state index in [0.717, 1.165) is 33.8 Å². The van der Waals surface area contributed by atoms with Crippen LogP contribution in [0.2, 0.25) is 0 Å². The van der Waals surface area contributed by atoms with Gasteiger partial charge in [0.15, 0.2) is 0 Å². The van der Waals surface area contributed by atoms with Crippen molar-refractivity contribution < 1.29 is 24.2 Å². The molecule has 5 rings (SSSR count). The average Bonchev–Trinajstić information content (AvgIpc) is 3.47. The van der Waals surface area contributed by atoms with Crippen LogP contribution in [0.15, 0.2) is 48.5 Å². The van der Waals surface area contributed by atoms with E-state index in [1.54, 1.807) is 4.90 Å². The first-order valence-electron chi connectivity index (χ1n) is 12.1. The second kappa shape index (κ2) is 9.57. The zero-order valence-electron chi connectivity index (χ0n) is 19.7. The average molecular weight is 495 g/mol. The van der Waals surface area contributed by atoms with Crippen molar-refractivity contribution in [2.75, 3.05) is 31.2 Å². The molecule has 0 bridgehead atoms. The van der Waals surface area contributed by atoms with Crippen LogP contribution in [0.25, 0.3) is 11.1 Å². The van der Waals surface area contributed by atoms with Crippen LogP contribution in [0.4, 0.5) is 4.79 Å². The summed E-state index contributed by atoms with van der Waals surface area (Å²) in [5.41, 5.74) is 4.57. The van der Waals surface area contributed by atoms with Gasteiger partial charge in [-0.1, -0.05) is 55.5 Å². The molecule has 3 atom stereocenters. The van der Waals surface area contributed by atoms with E-state index in [2.05, 4.69) is 24.4 Å². The first-order valence-corrected chi connectivity index (χ1v) is 13.2. The molecule has 7 nitrogen and oxygen atoms in total. The maximum atomic E-state index is 13.3. The summed E-state index contributed by atoms with van der Waals surface area (Å²) in [7, 11) is 0. The third-order valence-corrected chi connectivity index (χ3v) is 9.12. The number of rotatable bonds is 7. The molecule has 2 amide bonds. The van der Waals surface area contributed by atoms with Gasteiger partial charge in [-0.15, -0.1) is 0 Å². The van der Waals surface area contributed by atoms with Gasteiger partial charge in [0.2, 0.25) is 5.91 Å². The van der Waals surface area contributed by atoms with Crippen LogP contribution in [0.1, 0.15) is 36.8 Å². The van der Waals surface area contributed by atoms with Crippen molar-refractivity contribution >= 4 is 29.7 Å². The second-order valence-electron chi connectivity index (χ2n) is 10.0. The highest BCUT2D eigenvalue weighted by Crippen LogP contribution is 2.46. The Bertz CT molecular complexity index is 1110. The number of aliphatic carboxylic acids is 1. The largest absolute Gasteiger partial charge is 0.481 e. The Kier molecular flexibility index (Phi) is 6.49. The molecular weight excluding hydrogens is 464 g/mol. The van der Waals surface area contributed by atoms with E-state index < -0.39 is 18.1 Å². The number of benzene rings is 2. The third kappa shape index (κ3) is 4.63. The number of alkyl carbamates (subject to hydrolysis) is 1. The van der Waals surface area contributed by atoms with E-state index in [1.165, 1.54) is 0 Å². The van der Waals surface area contributed by atoms with Gasteiger partial charge in [-0.3, -0.25) is 9.59 Å². The normalized spacial score (nSPS) is 23.3. The summed E-state index contributed by atoms with van der Waals surface area (Å²) >= 11 is 1.92. The molecule has 0 saturated carbocycles. The van der Waals surface area contributed by atoms with Crippen LogP contribution in [0.5, 0.6) is 0 Å². The smallest absolute Gasteiger partial charge is 0.407 e. The van der Waals surface area contributed by atoms with Crippen LogP contribution in [-0.2, 0) is 14.3 Å². The molecule has 35 heavy (non-hydrogen) atoms. The first kappa shape index (κ1) is 23.7. The summed E-state index contributed by atoms with van der Waals surface area (Å²) in [6, 6.07) is 15.3. The van der Waals surface area contributed by atoms with Gasteiger partial charge in [0.1, 0.15) is 12.6 Å². The number of hydrogen-bond acceptors (Lipinski definition) is 5. The molecule has 3 unspecified atom stereocenters. The zero-order chi connectivity index (χ0) is 24.6. The lowest BCUT2D eigenvalue weighted by atomic mass is 9.84. The molecule has 2 aromatic carbocycles. The van der Waals surface area contributed by atoms with Crippen molar-refractivity contribution in [3.8, 4) is 11.1 Å². The van der Waals surface area contributed by atoms with Crippen LogP contribution < -0.4 is 5.32 Å². The Morgan fingerprint density at radius 3 is 2.43 bits per heavy atom. The van der Waals surface area contributed by atoms with E-state index in [-0.39, 0.29) is 36.7 Å². The number of nitrogens with zero attached hydrogens (tertiary/aromatic N) is 1. The minimum absolute atomic E-state index is 0.0327. The fourth-order valence-corrected chi connectivity index (χ4v) is 7.37.